The third-order valence-electron chi connectivity index (χ3n) is 5.92. The number of thioether (sulfide) groups is 2. The SMILES string of the molecule is N#C/C1=[C](/C#N)[Ge]2/[C](C#N)=C(/C#N)SC/C(C#N)=[C](/C#N)[Ge](/[C](C#N)=C(/C#N)CS/C(C#N)=[C]\2C#N)/[C](C#N)=C(/C#N)CC1. The van der Waals surface area contributed by atoms with E-state index in [1.54, 1.807) is 0 Å². The predicted octanol–water partition coefficient (Wildman–Crippen LogP) is 3.46. The summed E-state index contributed by atoms with van der Waals surface area (Å²) in [6, 6.07) is 22.5. The Kier molecular flexibility index (Phi) is 12.9. The van der Waals surface area contributed by atoms with Gasteiger partial charge in [-0.3, -0.25) is 0 Å². The molecule has 0 atom stereocenters. The van der Waals surface area contributed by atoms with E-state index in [9.17, 15) is 63.1 Å². The van der Waals surface area contributed by atoms with Crippen LogP contribution in [0.3, 0.4) is 0 Å². The van der Waals surface area contributed by atoms with Crippen molar-refractivity contribution in [3.05, 3.63) is 58.5 Å². The molecular formula is C28H8Ge2N12S2. The summed E-state index contributed by atoms with van der Waals surface area (Å²) < 4.78 is -1.76. The van der Waals surface area contributed by atoms with Crippen molar-refractivity contribution in [1.82, 2.24) is 0 Å². The quantitative estimate of drug-likeness (QED) is 0.324. The van der Waals surface area contributed by atoms with Gasteiger partial charge in [-0.1, -0.05) is 0 Å². The topological polar surface area (TPSA) is 285 Å². The molecule has 0 amide bonds. The molecule has 0 aromatic carbocycles. The van der Waals surface area contributed by atoms with Crippen molar-refractivity contribution in [2.45, 2.75) is 12.8 Å². The fraction of sp³-hybridized carbons (Fsp3) is 0.143. The molecule has 0 fully saturated rings. The summed E-state index contributed by atoms with van der Waals surface area (Å²) in [5.41, 5.74) is -0.950. The minimum atomic E-state index is -4.10. The Morgan fingerprint density at radius 1 is 0.341 bits per heavy atom. The van der Waals surface area contributed by atoms with Crippen molar-refractivity contribution >= 4 is 52.2 Å². The number of rotatable bonds is 0. The van der Waals surface area contributed by atoms with Crippen molar-refractivity contribution in [2.75, 3.05) is 11.5 Å². The van der Waals surface area contributed by atoms with E-state index < -0.39 is 40.2 Å². The summed E-state index contributed by atoms with van der Waals surface area (Å²) in [6.07, 6.45) is -0.682. The molecule has 12 nitrogen and oxygen atoms in total. The molecule has 3 aliphatic rings. The molecule has 200 valence electrons. The predicted molar refractivity (Wildman–Crippen MR) is 155 cm³/mol. The first-order valence-corrected chi connectivity index (χ1v) is 19.8. The van der Waals surface area contributed by atoms with Crippen molar-refractivity contribution in [3.8, 4) is 72.8 Å². The zero-order valence-electron chi connectivity index (χ0n) is 22.0. The van der Waals surface area contributed by atoms with E-state index in [0.717, 1.165) is 0 Å². The van der Waals surface area contributed by atoms with Crippen LogP contribution in [0.15, 0.2) is 58.5 Å². The second kappa shape index (κ2) is 16.5. The Morgan fingerprint density at radius 3 is 0.864 bits per heavy atom. The van der Waals surface area contributed by atoms with E-state index in [-0.39, 0.29) is 71.4 Å². The van der Waals surface area contributed by atoms with E-state index in [0.29, 0.717) is 23.5 Å². The van der Waals surface area contributed by atoms with Gasteiger partial charge in [-0.15, -0.1) is 0 Å². The molecule has 3 rings (SSSR count). The Labute approximate surface area is 269 Å². The Morgan fingerprint density at radius 2 is 0.614 bits per heavy atom. The molecule has 3 aliphatic heterocycles. The van der Waals surface area contributed by atoms with E-state index in [1.807, 2.05) is 72.8 Å². The van der Waals surface area contributed by atoms with Crippen LogP contribution < -0.4 is 0 Å². The number of hydrogen-bond acceptors (Lipinski definition) is 14. The summed E-state index contributed by atoms with van der Waals surface area (Å²) >= 11 is -6.90. The van der Waals surface area contributed by atoms with Crippen LogP contribution >= 0.6 is 23.5 Å². The van der Waals surface area contributed by atoms with Crippen LogP contribution in [0.2, 0.25) is 0 Å². The molecule has 16 heteroatoms. The first-order valence-electron chi connectivity index (χ1n) is 11.6. The van der Waals surface area contributed by atoms with E-state index >= 15 is 0 Å². The first kappa shape index (κ1) is 34.3. The van der Waals surface area contributed by atoms with E-state index in [1.165, 1.54) is 0 Å². The average Bonchev–Trinajstić information content (AvgIpc) is 3.05. The van der Waals surface area contributed by atoms with Gasteiger partial charge in [0.05, 0.1) is 0 Å². The number of fused-ring (bicyclic) bond motifs is 9. The number of nitriles is 12. The summed E-state index contributed by atoms with van der Waals surface area (Å²) in [7, 11) is 0. The molecule has 0 saturated heterocycles. The van der Waals surface area contributed by atoms with Crippen LogP contribution in [-0.2, 0) is 0 Å². The summed E-state index contributed by atoms with van der Waals surface area (Å²) in [5.74, 6) is -0.835. The monoisotopic (exact) mass is 724 g/mol. The molecular weight excluding hydrogens is 714 g/mol. The average molecular weight is 722 g/mol. The molecule has 0 spiro atoms. The van der Waals surface area contributed by atoms with Crippen LogP contribution in [0.5, 0.6) is 0 Å². The van der Waals surface area contributed by atoms with E-state index in [4.69, 9.17) is 0 Å². The van der Waals surface area contributed by atoms with Gasteiger partial charge in [0.25, 0.3) is 0 Å². The molecule has 3 heterocycles. The molecule has 0 unspecified atom stereocenters. The zero-order valence-corrected chi connectivity index (χ0v) is 27.8. The van der Waals surface area contributed by atoms with Crippen molar-refractivity contribution < 1.29 is 0 Å². The molecule has 0 N–H and O–H groups in total. The molecule has 0 aromatic rings. The van der Waals surface area contributed by atoms with Gasteiger partial charge < -0.3 is 0 Å². The molecule has 0 aliphatic carbocycles. The van der Waals surface area contributed by atoms with Gasteiger partial charge in [-0.2, -0.15) is 0 Å². The summed E-state index contributed by atoms with van der Waals surface area (Å²) in [6.45, 7) is 0. The Balaban J connectivity index is 3.53. The van der Waals surface area contributed by atoms with Gasteiger partial charge in [-0.05, 0) is 0 Å². The van der Waals surface area contributed by atoms with Crippen molar-refractivity contribution in [2.24, 2.45) is 0 Å². The van der Waals surface area contributed by atoms with E-state index in [2.05, 4.69) is 0 Å². The Hall–Kier alpha value is -5.89. The number of hydrogen-bond donors (Lipinski definition) is 0. The number of allylic oxidation sites excluding steroid dienone is 10. The maximum absolute atomic E-state index is 10.3. The normalized spacial score (nSPS) is 26.7. The maximum atomic E-state index is 10.3. The Bertz CT molecular complexity index is 1680. The summed E-state index contributed by atoms with van der Waals surface area (Å²) in [4.78, 5) is -0.600. The van der Waals surface area contributed by atoms with Crippen molar-refractivity contribution in [3.63, 3.8) is 0 Å². The van der Waals surface area contributed by atoms with Gasteiger partial charge in [0.2, 0.25) is 0 Å². The first-order chi connectivity index (χ1) is 21.3. The van der Waals surface area contributed by atoms with Crippen LogP contribution in [0.25, 0.3) is 0 Å². The third kappa shape index (κ3) is 6.76. The third-order valence-corrected chi connectivity index (χ3v) is 20.0. The van der Waals surface area contributed by atoms with Crippen LogP contribution in [0, 0.1) is 136 Å². The summed E-state index contributed by atoms with van der Waals surface area (Å²) in [5, 5.41) is 122. The van der Waals surface area contributed by atoms with Crippen LogP contribution in [-0.4, -0.2) is 40.2 Å². The number of nitrogens with zero attached hydrogens (tertiary/aromatic N) is 12. The molecule has 2 bridgehead atoms. The van der Waals surface area contributed by atoms with Gasteiger partial charge in [0.1, 0.15) is 0 Å². The van der Waals surface area contributed by atoms with Gasteiger partial charge in [0, 0.05) is 0 Å². The molecule has 0 aromatic heterocycles. The fourth-order valence-corrected chi connectivity index (χ4v) is 17.6. The second-order valence-corrected chi connectivity index (χ2v) is 19.4. The van der Waals surface area contributed by atoms with Crippen LogP contribution in [0.4, 0.5) is 0 Å². The fourth-order valence-electron chi connectivity index (χ4n) is 3.94. The van der Waals surface area contributed by atoms with Gasteiger partial charge in [0.15, 0.2) is 0 Å². The molecule has 44 heavy (non-hydrogen) atoms. The second-order valence-electron chi connectivity index (χ2n) is 7.99. The standard InChI is InChI=1S/C28H8Ge2N12S2/c31-3-17-1-2-18(4-32)22(8-36)30-25(11-39)27(13-41)43-15-19(5-33)23(9-37)29(21(17)7-35)24(10-38)20(6-34)16-44-28(14-42)26(30)12-40/h1-2,15-16H2/b21-17+,22-18-,23-19-,24-20-,27-25-,28-26-. The zero-order chi connectivity index (χ0) is 32.8. The van der Waals surface area contributed by atoms with Gasteiger partial charge in [-0.25, -0.2) is 0 Å². The molecule has 2 radical (unpaired) electrons. The van der Waals surface area contributed by atoms with Crippen LogP contribution in [0.1, 0.15) is 12.8 Å². The van der Waals surface area contributed by atoms with Gasteiger partial charge >= 0.3 is 271 Å². The molecule has 0 saturated carbocycles. The minimum absolute atomic E-state index is 0.221. The van der Waals surface area contributed by atoms with Crippen molar-refractivity contribution in [1.29, 1.82) is 63.1 Å².